The first kappa shape index (κ1) is 24.1. The van der Waals surface area contributed by atoms with Crippen LogP contribution in [0.1, 0.15) is 27.2 Å². The number of rotatable bonds is 7. The predicted octanol–water partition coefficient (Wildman–Crippen LogP) is 7.17. The van der Waals surface area contributed by atoms with Crippen molar-refractivity contribution in [2.45, 2.75) is 20.1 Å². The zero-order chi connectivity index (χ0) is 24.2. The topological polar surface area (TPSA) is 56.1 Å². The van der Waals surface area contributed by atoms with Crippen LogP contribution in [0.25, 0.3) is 0 Å². The molecule has 0 bridgehead atoms. The van der Waals surface area contributed by atoms with E-state index in [0.717, 1.165) is 11.3 Å². The minimum Gasteiger partial charge on any atom is -0.487 e. The summed E-state index contributed by atoms with van der Waals surface area (Å²) in [6.07, 6.45) is 0. The molecule has 174 valence electrons. The highest BCUT2D eigenvalue weighted by atomic mass is 35.5. The Hall–Kier alpha value is -3.06. The van der Waals surface area contributed by atoms with Crippen LogP contribution in [0.3, 0.4) is 0 Å². The van der Waals surface area contributed by atoms with Crippen LogP contribution in [0.15, 0.2) is 66.7 Å². The number of carbonyl (C=O) groups is 1. The normalized spacial score (nSPS) is 10.9. The molecule has 1 aromatic heterocycles. The highest BCUT2D eigenvalue weighted by Gasteiger charge is 2.14. The zero-order valence-corrected chi connectivity index (χ0v) is 20.3. The fourth-order valence-electron chi connectivity index (χ4n) is 3.31. The van der Waals surface area contributed by atoms with Gasteiger partial charge in [0.25, 0.3) is 5.91 Å². The first-order valence-electron chi connectivity index (χ1n) is 10.3. The lowest BCUT2D eigenvalue weighted by Gasteiger charge is -2.10. The summed E-state index contributed by atoms with van der Waals surface area (Å²) in [6.45, 7) is 2.18. The second-order valence-electron chi connectivity index (χ2n) is 7.55. The van der Waals surface area contributed by atoms with Crippen LogP contribution in [0.2, 0.25) is 15.1 Å². The summed E-state index contributed by atoms with van der Waals surface area (Å²) in [4.78, 5) is 12.8. The maximum absolute atomic E-state index is 14.1. The Morgan fingerprint density at radius 1 is 1.03 bits per heavy atom. The molecule has 0 aliphatic rings. The summed E-state index contributed by atoms with van der Waals surface area (Å²) < 4.78 is 21.5. The number of amides is 1. The van der Waals surface area contributed by atoms with Gasteiger partial charge in [-0.05, 0) is 55.0 Å². The number of nitrogens with one attached hydrogen (secondary N) is 1. The van der Waals surface area contributed by atoms with E-state index in [-0.39, 0.29) is 19.1 Å². The second kappa shape index (κ2) is 10.5. The Morgan fingerprint density at radius 3 is 2.59 bits per heavy atom. The average molecular weight is 519 g/mol. The summed E-state index contributed by atoms with van der Waals surface area (Å²) in [5.41, 5.74) is 2.31. The molecule has 0 aliphatic carbocycles. The first-order valence-corrected chi connectivity index (χ1v) is 11.4. The SMILES string of the molecule is Cc1cc(NC(=O)c2cccc(COc3ccc(Cl)cc3Cl)c2)nn1Cc1c(F)cccc1Cl. The van der Waals surface area contributed by atoms with Gasteiger partial charge in [-0.2, -0.15) is 5.10 Å². The van der Waals surface area contributed by atoms with Crippen molar-refractivity contribution in [3.05, 3.63) is 110 Å². The number of hydrogen-bond donors (Lipinski definition) is 1. The monoisotopic (exact) mass is 517 g/mol. The Kier molecular flexibility index (Phi) is 7.41. The van der Waals surface area contributed by atoms with Crippen molar-refractivity contribution in [1.29, 1.82) is 0 Å². The Morgan fingerprint density at radius 2 is 1.82 bits per heavy atom. The van der Waals surface area contributed by atoms with Crippen molar-refractivity contribution in [3.63, 3.8) is 0 Å². The molecule has 34 heavy (non-hydrogen) atoms. The van der Waals surface area contributed by atoms with Gasteiger partial charge in [0.15, 0.2) is 5.82 Å². The van der Waals surface area contributed by atoms with E-state index < -0.39 is 5.82 Å². The van der Waals surface area contributed by atoms with Gasteiger partial charge in [0.2, 0.25) is 0 Å². The minimum atomic E-state index is -0.410. The summed E-state index contributed by atoms with van der Waals surface area (Å²) in [5, 5.41) is 8.40. The number of hydrogen-bond acceptors (Lipinski definition) is 3. The van der Waals surface area contributed by atoms with Gasteiger partial charge in [-0.25, -0.2) is 4.39 Å². The van der Waals surface area contributed by atoms with Crippen LogP contribution < -0.4 is 10.1 Å². The van der Waals surface area contributed by atoms with Crippen molar-refractivity contribution >= 4 is 46.5 Å². The zero-order valence-electron chi connectivity index (χ0n) is 18.0. The quantitative estimate of drug-likeness (QED) is 0.282. The van der Waals surface area contributed by atoms with E-state index in [9.17, 15) is 9.18 Å². The first-order chi connectivity index (χ1) is 16.3. The molecule has 4 rings (SSSR count). The van der Waals surface area contributed by atoms with Gasteiger partial charge >= 0.3 is 0 Å². The molecule has 1 heterocycles. The molecule has 0 fully saturated rings. The summed E-state index contributed by atoms with van der Waals surface area (Å²) >= 11 is 18.2. The highest BCUT2D eigenvalue weighted by Crippen LogP contribution is 2.28. The van der Waals surface area contributed by atoms with E-state index in [1.807, 2.05) is 13.0 Å². The van der Waals surface area contributed by atoms with Crippen LogP contribution in [-0.4, -0.2) is 15.7 Å². The fraction of sp³-hybridized carbons (Fsp3) is 0.120. The van der Waals surface area contributed by atoms with Gasteiger partial charge in [0.05, 0.1) is 11.6 Å². The van der Waals surface area contributed by atoms with Gasteiger partial charge in [0, 0.05) is 32.9 Å². The highest BCUT2D eigenvalue weighted by molar-refractivity contribution is 6.35. The number of aromatic nitrogens is 2. The third-order valence-electron chi connectivity index (χ3n) is 5.07. The van der Waals surface area contributed by atoms with E-state index in [1.165, 1.54) is 6.07 Å². The maximum atomic E-state index is 14.1. The molecule has 0 aliphatic heterocycles. The molecule has 4 aromatic rings. The molecular formula is C25H19Cl3FN3O2. The van der Waals surface area contributed by atoms with Crippen LogP contribution in [0.4, 0.5) is 10.2 Å². The van der Waals surface area contributed by atoms with E-state index in [2.05, 4.69) is 10.4 Å². The Balaban J connectivity index is 1.43. The van der Waals surface area contributed by atoms with Crippen LogP contribution in [0.5, 0.6) is 5.75 Å². The number of ether oxygens (including phenoxy) is 1. The van der Waals surface area contributed by atoms with Crippen molar-refractivity contribution in [2.24, 2.45) is 0 Å². The Bertz CT molecular complexity index is 1340. The lowest BCUT2D eigenvalue weighted by atomic mass is 10.1. The molecular weight excluding hydrogens is 500 g/mol. The van der Waals surface area contributed by atoms with Crippen LogP contribution >= 0.6 is 34.8 Å². The summed E-state index contributed by atoms with van der Waals surface area (Å²) in [5.74, 6) is 0.105. The average Bonchev–Trinajstić information content (AvgIpc) is 3.14. The van der Waals surface area contributed by atoms with E-state index in [0.29, 0.717) is 37.8 Å². The third kappa shape index (κ3) is 5.70. The predicted molar refractivity (Wildman–Crippen MR) is 133 cm³/mol. The largest absolute Gasteiger partial charge is 0.487 e. The van der Waals surface area contributed by atoms with Crippen LogP contribution in [0, 0.1) is 12.7 Å². The van der Waals surface area contributed by atoms with Gasteiger partial charge in [-0.3, -0.25) is 9.48 Å². The molecule has 1 N–H and O–H groups in total. The molecule has 3 aromatic carbocycles. The van der Waals surface area contributed by atoms with Crippen molar-refractivity contribution in [1.82, 2.24) is 9.78 Å². The number of nitrogens with zero attached hydrogens (tertiary/aromatic N) is 2. The standard InChI is InChI=1S/C25H19Cl3FN3O2/c1-15-10-24(31-32(15)13-19-20(27)6-3-7-22(19)29)30-25(33)17-5-2-4-16(11-17)14-34-23-9-8-18(26)12-21(23)28/h2-12H,13-14H2,1H3,(H,30,31,33). The third-order valence-corrected chi connectivity index (χ3v) is 5.95. The Labute approximate surface area is 211 Å². The van der Waals surface area contributed by atoms with Crippen LogP contribution in [-0.2, 0) is 13.2 Å². The molecule has 0 atom stereocenters. The molecule has 0 spiro atoms. The number of benzene rings is 3. The van der Waals surface area contributed by atoms with E-state index in [4.69, 9.17) is 39.5 Å². The molecule has 1 amide bonds. The second-order valence-corrected chi connectivity index (χ2v) is 8.80. The number of halogens is 4. The van der Waals surface area contributed by atoms with Gasteiger partial charge in [-0.1, -0.05) is 53.0 Å². The van der Waals surface area contributed by atoms with Crippen molar-refractivity contribution in [2.75, 3.05) is 5.32 Å². The van der Waals surface area contributed by atoms with E-state index in [1.54, 1.807) is 59.3 Å². The summed E-state index contributed by atoms with van der Waals surface area (Å²) in [6, 6.07) is 18.2. The molecule has 0 radical (unpaired) electrons. The molecule has 5 nitrogen and oxygen atoms in total. The van der Waals surface area contributed by atoms with Gasteiger partial charge in [-0.15, -0.1) is 0 Å². The molecule has 0 unspecified atom stereocenters. The fourth-order valence-corrected chi connectivity index (χ4v) is 3.99. The van der Waals surface area contributed by atoms with Gasteiger partial charge < -0.3 is 10.1 Å². The van der Waals surface area contributed by atoms with Gasteiger partial charge in [0.1, 0.15) is 18.2 Å². The maximum Gasteiger partial charge on any atom is 0.256 e. The lowest BCUT2D eigenvalue weighted by Crippen LogP contribution is -2.13. The molecule has 9 heteroatoms. The smallest absolute Gasteiger partial charge is 0.256 e. The van der Waals surface area contributed by atoms with Crippen molar-refractivity contribution < 1.29 is 13.9 Å². The van der Waals surface area contributed by atoms with E-state index >= 15 is 0 Å². The molecule has 0 saturated heterocycles. The molecule has 0 saturated carbocycles. The summed E-state index contributed by atoms with van der Waals surface area (Å²) in [7, 11) is 0. The lowest BCUT2D eigenvalue weighted by molar-refractivity contribution is 0.102. The number of aryl methyl sites for hydroxylation is 1. The number of anilines is 1. The number of carbonyl (C=O) groups excluding carboxylic acids is 1. The van der Waals surface area contributed by atoms with Crippen molar-refractivity contribution in [3.8, 4) is 5.75 Å². The minimum absolute atomic E-state index is 0.146.